The van der Waals surface area contributed by atoms with Crippen LogP contribution in [0.2, 0.25) is 0 Å². The number of H-pyrrole nitrogens is 1. The standard InChI is InChI=1S/C12H10N4O2S/c17-9-5-13-12(15-11(9)18)19-7-8-6-16-4-2-1-3-10(16)14-8/h1-6,17H,7H2,(H,13,15,18). The quantitative estimate of drug-likeness (QED) is 0.557. The number of nitrogens with one attached hydrogen (secondary N) is 1. The van der Waals surface area contributed by atoms with E-state index in [9.17, 15) is 4.79 Å². The van der Waals surface area contributed by atoms with E-state index in [1.807, 2.05) is 35.0 Å². The molecule has 6 nitrogen and oxygen atoms in total. The maximum Gasteiger partial charge on any atom is 0.293 e. The fourth-order valence-electron chi connectivity index (χ4n) is 1.64. The molecule has 19 heavy (non-hydrogen) atoms. The first kappa shape index (κ1) is 11.8. The molecule has 3 rings (SSSR count). The van der Waals surface area contributed by atoms with Crippen molar-refractivity contribution in [3.63, 3.8) is 0 Å². The Morgan fingerprint density at radius 2 is 2.32 bits per heavy atom. The third kappa shape index (κ3) is 2.45. The number of thioether (sulfide) groups is 1. The van der Waals surface area contributed by atoms with E-state index in [-0.39, 0.29) is 5.75 Å². The second-order valence-corrected chi connectivity index (χ2v) is 4.85. The molecule has 0 unspecified atom stereocenters. The maximum absolute atomic E-state index is 11.2. The van der Waals surface area contributed by atoms with E-state index in [0.717, 1.165) is 17.5 Å². The summed E-state index contributed by atoms with van der Waals surface area (Å²) in [7, 11) is 0. The van der Waals surface area contributed by atoms with Gasteiger partial charge >= 0.3 is 0 Å². The highest BCUT2D eigenvalue weighted by Gasteiger charge is 2.04. The molecule has 0 atom stereocenters. The van der Waals surface area contributed by atoms with Crippen LogP contribution in [0.15, 0.2) is 46.7 Å². The van der Waals surface area contributed by atoms with Gasteiger partial charge in [0.15, 0.2) is 10.9 Å². The monoisotopic (exact) mass is 274 g/mol. The Labute approximate surface area is 112 Å². The molecule has 0 aliphatic rings. The molecular formula is C12H10N4O2S. The molecule has 0 bridgehead atoms. The van der Waals surface area contributed by atoms with Crippen LogP contribution in [0.3, 0.4) is 0 Å². The first-order valence-electron chi connectivity index (χ1n) is 5.56. The number of hydrogen-bond donors (Lipinski definition) is 2. The van der Waals surface area contributed by atoms with Gasteiger partial charge in [-0.1, -0.05) is 17.8 Å². The summed E-state index contributed by atoms with van der Waals surface area (Å²) in [4.78, 5) is 22.1. The van der Waals surface area contributed by atoms with Crippen molar-refractivity contribution in [1.29, 1.82) is 0 Å². The van der Waals surface area contributed by atoms with Crippen LogP contribution in [0.1, 0.15) is 5.69 Å². The topological polar surface area (TPSA) is 83.3 Å². The predicted molar refractivity (Wildman–Crippen MR) is 71.3 cm³/mol. The SMILES string of the molecule is O=c1[nH]c(SCc2cn3ccccc3n2)ncc1O. The lowest BCUT2D eigenvalue weighted by Crippen LogP contribution is -2.06. The molecule has 0 saturated carbocycles. The zero-order valence-electron chi connectivity index (χ0n) is 9.78. The minimum absolute atomic E-state index is 0.378. The molecule has 0 saturated heterocycles. The van der Waals surface area contributed by atoms with Crippen LogP contribution in [0, 0.1) is 0 Å². The number of fused-ring (bicyclic) bond motifs is 1. The molecule has 2 N–H and O–H groups in total. The molecule has 3 aromatic rings. The van der Waals surface area contributed by atoms with Crippen molar-refractivity contribution >= 4 is 17.4 Å². The summed E-state index contributed by atoms with van der Waals surface area (Å²) < 4.78 is 1.93. The summed E-state index contributed by atoms with van der Waals surface area (Å²) in [6.45, 7) is 0. The lowest BCUT2D eigenvalue weighted by Gasteiger charge is -1.97. The Balaban J connectivity index is 1.78. The van der Waals surface area contributed by atoms with Gasteiger partial charge in [0, 0.05) is 18.1 Å². The van der Waals surface area contributed by atoms with E-state index in [1.165, 1.54) is 11.8 Å². The number of aromatic hydroxyl groups is 1. The Kier molecular flexibility index (Phi) is 2.96. The van der Waals surface area contributed by atoms with E-state index in [1.54, 1.807) is 0 Å². The lowest BCUT2D eigenvalue weighted by atomic mass is 10.5. The highest BCUT2D eigenvalue weighted by Crippen LogP contribution is 2.18. The van der Waals surface area contributed by atoms with Crippen LogP contribution in [-0.4, -0.2) is 24.5 Å². The molecule has 3 heterocycles. The Morgan fingerprint density at radius 3 is 3.11 bits per heavy atom. The summed E-state index contributed by atoms with van der Waals surface area (Å²) in [5, 5.41) is 9.55. The number of pyridine rings is 1. The largest absolute Gasteiger partial charge is 0.502 e. The van der Waals surface area contributed by atoms with Gasteiger partial charge in [-0.3, -0.25) is 9.78 Å². The number of hydrogen-bond acceptors (Lipinski definition) is 5. The van der Waals surface area contributed by atoms with Crippen molar-refractivity contribution in [2.45, 2.75) is 10.9 Å². The van der Waals surface area contributed by atoms with Crippen molar-refractivity contribution in [3.8, 4) is 5.75 Å². The van der Waals surface area contributed by atoms with E-state index < -0.39 is 5.56 Å². The van der Waals surface area contributed by atoms with Crippen LogP contribution in [0.25, 0.3) is 5.65 Å². The summed E-state index contributed by atoms with van der Waals surface area (Å²) in [6, 6.07) is 5.79. The molecule has 0 aliphatic heterocycles. The highest BCUT2D eigenvalue weighted by atomic mass is 32.2. The van der Waals surface area contributed by atoms with Gasteiger partial charge in [0.1, 0.15) is 5.65 Å². The van der Waals surface area contributed by atoms with E-state index in [2.05, 4.69) is 15.0 Å². The molecule has 7 heteroatoms. The first-order valence-corrected chi connectivity index (χ1v) is 6.54. The average molecular weight is 274 g/mol. The molecule has 0 amide bonds. The Bertz CT molecular complexity index is 747. The predicted octanol–water partition coefficient (Wildman–Crippen LogP) is 1.42. The summed E-state index contributed by atoms with van der Waals surface area (Å²) in [6.07, 6.45) is 5.00. The van der Waals surface area contributed by atoms with E-state index in [0.29, 0.717) is 10.9 Å². The minimum Gasteiger partial charge on any atom is -0.502 e. The highest BCUT2D eigenvalue weighted by molar-refractivity contribution is 7.98. The lowest BCUT2D eigenvalue weighted by molar-refractivity contribution is 0.460. The van der Waals surface area contributed by atoms with Gasteiger partial charge in [-0.2, -0.15) is 0 Å². The van der Waals surface area contributed by atoms with Crippen molar-refractivity contribution < 1.29 is 5.11 Å². The van der Waals surface area contributed by atoms with Crippen LogP contribution < -0.4 is 5.56 Å². The van der Waals surface area contributed by atoms with Crippen LogP contribution in [0.4, 0.5) is 0 Å². The van der Waals surface area contributed by atoms with Gasteiger partial charge in [-0.15, -0.1) is 0 Å². The molecular weight excluding hydrogens is 264 g/mol. The second-order valence-electron chi connectivity index (χ2n) is 3.89. The number of rotatable bonds is 3. The van der Waals surface area contributed by atoms with Gasteiger partial charge < -0.3 is 9.51 Å². The zero-order valence-corrected chi connectivity index (χ0v) is 10.6. The minimum atomic E-state index is -0.535. The van der Waals surface area contributed by atoms with E-state index >= 15 is 0 Å². The average Bonchev–Trinajstić information content (AvgIpc) is 2.83. The first-order chi connectivity index (χ1) is 9.22. The summed E-state index contributed by atoms with van der Waals surface area (Å²) in [5.74, 6) is 0.215. The summed E-state index contributed by atoms with van der Waals surface area (Å²) >= 11 is 1.36. The molecule has 0 aliphatic carbocycles. The summed E-state index contributed by atoms with van der Waals surface area (Å²) in [5.41, 5.74) is 1.24. The fourth-order valence-corrected chi connectivity index (χ4v) is 2.36. The molecule has 96 valence electrons. The normalized spacial score (nSPS) is 10.9. The van der Waals surface area contributed by atoms with Gasteiger partial charge in [0.2, 0.25) is 0 Å². The van der Waals surface area contributed by atoms with E-state index in [4.69, 9.17) is 5.11 Å². The number of aromatic amines is 1. The van der Waals surface area contributed by atoms with Gasteiger partial charge in [0.05, 0.1) is 11.9 Å². The third-order valence-corrected chi connectivity index (χ3v) is 3.45. The second kappa shape index (κ2) is 4.77. The Morgan fingerprint density at radius 1 is 1.42 bits per heavy atom. The zero-order chi connectivity index (χ0) is 13.2. The van der Waals surface area contributed by atoms with Crippen molar-refractivity contribution in [1.82, 2.24) is 19.4 Å². The van der Waals surface area contributed by atoms with Crippen LogP contribution in [0.5, 0.6) is 5.75 Å². The molecule has 0 spiro atoms. The number of aromatic nitrogens is 4. The smallest absolute Gasteiger partial charge is 0.293 e. The molecule has 3 aromatic heterocycles. The van der Waals surface area contributed by atoms with Gasteiger partial charge in [-0.05, 0) is 12.1 Å². The number of imidazole rings is 1. The van der Waals surface area contributed by atoms with Gasteiger partial charge in [0.25, 0.3) is 5.56 Å². The molecule has 0 fully saturated rings. The maximum atomic E-state index is 11.2. The fraction of sp³-hybridized carbons (Fsp3) is 0.0833. The van der Waals surface area contributed by atoms with Crippen LogP contribution in [-0.2, 0) is 5.75 Å². The van der Waals surface area contributed by atoms with Crippen molar-refractivity contribution in [2.75, 3.05) is 0 Å². The number of nitrogens with zero attached hydrogens (tertiary/aromatic N) is 3. The molecule has 0 radical (unpaired) electrons. The van der Waals surface area contributed by atoms with Gasteiger partial charge in [-0.25, -0.2) is 9.97 Å². The molecule has 0 aromatic carbocycles. The van der Waals surface area contributed by atoms with Crippen LogP contribution >= 0.6 is 11.8 Å². The third-order valence-electron chi connectivity index (χ3n) is 2.53. The van der Waals surface area contributed by atoms with Crippen molar-refractivity contribution in [3.05, 3.63) is 52.8 Å². The van der Waals surface area contributed by atoms with Crippen molar-refractivity contribution in [2.24, 2.45) is 0 Å². The Hall–Kier alpha value is -2.28.